The second-order valence-electron chi connectivity index (χ2n) is 5.73. The molecule has 0 radical (unpaired) electrons. The van der Waals surface area contributed by atoms with E-state index in [-0.39, 0.29) is 11.9 Å². The number of anilines is 1. The number of hydrogen-bond acceptors (Lipinski definition) is 6. The van der Waals surface area contributed by atoms with E-state index in [1.165, 1.54) is 0 Å². The fraction of sp³-hybridized carbons (Fsp3) is 0.235. The number of H-pyrrole nitrogens is 1. The van der Waals surface area contributed by atoms with E-state index in [9.17, 15) is 4.79 Å². The maximum Gasteiger partial charge on any atom is 0.242 e. The summed E-state index contributed by atoms with van der Waals surface area (Å²) >= 11 is 0. The zero-order valence-corrected chi connectivity index (χ0v) is 14.0. The first-order valence-corrected chi connectivity index (χ1v) is 7.88. The Balaban J connectivity index is 1.64. The molecule has 0 saturated carbocycles. The SMILES string of the molecule is C[C@H](C(=O)Nc1ccccn1)N(C)Cc1cccc(-c2nn[nH]n2)c1. The molecular weight excluding hydrogens is 318 g/mol. The lowest BCUT2D eigenvalue weighted by Crippen LogP contribution is -2.39. The monoisotopic (exact) mass is 337 g/mol. The maximum atomic E-state index is 12.4. The van der Waals surface area contributed by atoms with Gasteiger partial charge in [0.05, 0.1) is 6.04 Å². The van der Waals surface area contributed by atoms with Crippen molar-refractivity contribution in [1.82, 2.24) is 30.5 Å². The van der Waals surface area contributed by atoms with Crippen LogP contribution in [-0.2, 0) is 11.3 Å². The Kier molecular flexibility index (Phi) is 5.10. The minimum absolute atomic E-state index is 0.101. The Bertz CT molecular complexity index is 820. The summed E-state index contributed by atoms with van der Waals surface area (Å²) in [5, 5.41) is 16.8. The van der Waals surface area contributed by atoms with Gasteiger partial charge in [0.2, 0.25) is 11.7 Å². The first-order valence-electron chi connectivity index (χ1n) is 7.88. The Morgan fingerprint density at radius 2 is 2.16 bits per heavy atom. The second kappa shape index (κ2) is 7.63. The van der Waals surface area contributed by atoms with Crippen LogP contribution >= 0.6 is 0 Å². The van der Waals surface area contributed by atoms with E-state index < -0.39 is 0 Å². The Morgan fingerprint density at radius 3 is 2.88 bits per heavy atom. The highest BCUT2D eigenvalue weighted by Gasteiger charge is 2.19. The highest BCUT2D eigenvalue weighted by molar-refractivity contribution is 5.93. The predicted octanol–water partition coefficient (Wildman–Crippen LogP) is 1.72. The van der Waals surface area contributed by atoms with E-state index in [2.05, 4.69) is 30.9 Å². The third-order valence-corrected chi connectivity index (χ3v) is 3.92. The highest BCUT2D eigenvalue weighted by Crippen LogP contribution is 2.17. The molecule has 3 aromatic rings. The molecule has 1 atom stereocenters. The number of carbonyl (C=O) groups is 1. The van der Waals surface area contributed by atoms with Crippen molar-refractivity contribution in [3.63, 3.8) is 0 Å². The minimum atomic E-state index is -0.309. The lowest BCUT2D eigenvalue weighted by atomic mass is 10.1. The van der Waals surface area contributed by atoms with Gasteiger partial charge in [0, 0.05) is 18.3 Å². The molecule has 2 aromatic heterocycles. The summed E-state index contributed by atoms with van der Waals surface area (Å²) < 4.78 is 0. The van der Waals surface area contributed by atoms with Gasteiger partial charge in [-0.25, -0.2) is 4.98 Å². The number of aromatic nitrogens is 5. The van der Waals surface area contributed by atoms with Gasteiger partial charge in [-0.15, -0.1) is 10.2 Å². The first-order chi connectivity index (χ1) is 12.1. The lowest BCUT2D eigenvalue weighted by molar-refractivity contribution is -0.120. The van der Waals surface area contributed by atoms with Crippen LogP contribution in [0.2, 0.25) is 0 Å². The van der Waals surface area contributed by atoms with Gasteiger partial charge < -0.3 is 5.32 Å². The smallest absolute Gasteiger partial charge is 0.242 e. The van der Waals surface area contributed by atoms with E-state index in [1.54, 1.807) is 12.3 Å². The average molecular weight is 337 g/mol. The normalized spacial score (nSPS) is 12.1. The highest BCUT2D eigenvalue weighted by atomic mass is 16.2. The lowest BCUT2D eigenvalue weighted by Gasteiger charge is -2.23. The molecule has 1 aromatic carbocycles. The molecule has 0 fully saturated rings. The van der Waals surface area contributed by atoms with Crippen LogP contribution < -0.4 is 5.32 Å². The van der Waals surface area contributed by atoms with Crippen molar-refractivity contribution in [2.75, 3.05) is 12.4 Å². The largest absolute Gasteiger partial charge is 0.309 e. The summed E-state index contributed by atoms with van der Waals surface area (Å²) in [6.45, 7) is 2.48. The Labute approximate surface area is 145 Å². The number of nitrogens with one attached hydrogen (secondary N) is 2. The molecule has 2 heterocycles. The second-order valence-corrected chi connectivity index (χ2v) is 5.73. The van der Waals surface area contributed by atoms with Crippen LogP contribution in [0.4, 0.5) is 5.82 Å². The summed E-state index contributed by atoms with van der Waals surface area (Å²) in [6, 6.07) is 12.9. The van der Waals surface area contributed by atoms with Gasteiger partial charge in [0.25, 0.3) is 0 Å². The quantitative estimate of drug-likeness (QED) is 0.710. The molecule has 0 aliphatic rings. The number of aromatic amines is 1. The van der Waals surface area contributed by atoms with Crippen LogP contribution in [0.3, 0.4) is 0 Å². The molecule has 3 rings (SSSR count). The predicted molar refractivity (Wildman–Crippen MR) is 93.4 cm³/mol. The summed E-state index contributed by atoms with van der Waals surface area (Å²) in [5.41, 5.74) is 1.94. The molecule has 0 spiro atoms. The average Bonchev–Trinajstić information content (AvgIpc) is 3.17. The molecule has 0 unspecified atom stereocenters. The van der Waals surface area contributed by atoms with Gasteiger partial charge in [-0.05, 0) is 42.9 Å². The van der Waals surface area contributed by atoms with Gasteiger partial charge in [0.1, 0.15) is 5.82 Å². The first kappa shape index (κ1) is 16.7. The van der Waals surface area contributed by atoms with Gasteiger partial charge >= 0.3 is 0 Å². The van der Waals surface area contributed by atoms with Crippen LogP contribution in [0.1, 0.15) is 12.5 Å². The van der Waals surface area contributed by atoms with Crippen molar-refractivity contribution in [3.8, 4) is 11.4 Å². The molecule has 2 N–H and O–H groups in total. The third kappa shape index (κ3) is 4.24. The number of carbonyl (C=O) groups excluding carboxylic acids is 1. The van der Waals surface area contributed by atoms with Crippen molar-refractivity contribution < 1.29 is 4.79 Å². The molecule has 8 heteroatoms. The van der Waals surface area contributed by atoms with E-state index in [0.717, 1.165) is 11.1 Å². The zero-order valence-electron chi connectivity index (χ0n) is 14.0. The fourth-order valence-electron chi connectivity index (χ4n) is 2.39. The van der Waals surface area contributed by atoms with Crippen molar-refractivity contribution in [3.05, 3.63) is 54.2 Å². The van der Waals surface area contributed by atoms with Crippen LogP contribution in [-0.4, -0.2) is 49.5 Å². The minimum Gasteiger partial charge on any atom is -0.309 e. The maximum absolute atomic E-state index is 12.4. The van der Waals surface area contributed by atoms with Crippen LogP contribution in [0.25, 0.3) is 11.4 Å². The van der Waals surface area contributed by atoms with Gasteiger partial charge in [0.15, 0.2) is 0 Å². The number of nitrogens with zero attached hydrogens (tertiary/aromatic N) is 5. The van der Waals surface area contributed by atoms with Gasteiger partial charge in [-0.2, -0.15) is 5.21 Å². The summed E-state index contributed by atoms with van der Waals surface area (Å²) in [5.74, 6) is 0.993. The summed E-state index contributed by atoms with van der Waals surface area (Å²) in [6.07, 6.45) is 1.65. The molecule has 0 aliphatic heterocycles. The van der Waals surface area contributed by atoms with E-state index >= 15 is 0 Å². The Morgan fingerprint density at radius 1 is 1.28 bits per heavy atom. The zero-order chi connectivity index (χ0) is 17.6. The van der Waals surface area contributed by atoms with Gasteiger partial charge in [-0.1, -0.05) is 24.3 Å². The Hall–Kier alpha value is -3.13. The number of benzene rings is 1. The molecule has 0 saturated heterocycles. The number of amides is 1. The summed E-state index contributed by atoms with van der Waals surface area (Å²) in [4.78, 5) is 18.4. The van der Waals surface area contributed by atoms with E-state index in [0.29, 0.717) is 18.2 Å². The van der Waals surface area contributed by atoms with Crippen molar-refractivity contribution in [2.45, 2.75) is 19.5 Å². The van der Waals surface area contributed by atoms with Crippen LogP contribution in [0.15, 0.2) is 48.7 Å². The topological polar surface area (TPSA) is 99.7 Å². The molecule has 25 heavy (non-hydrogen) atoms. The molecule has 128 valence electrons. The number of pyridine rings is 1. The number of tetrazole rings is 1. The molecule has 0 aliphatic carbocycles. The van der Waals surface area contributed by atoms with Crippen molar-refractivity contribution in [2.24, 2.45) is 0 Å². The van der Waals surface area contributed by atoms with Gasteiger partial charge in [-0.3, -0.25) is 9.69 Å². The molecule has 0 bridgehead atoms. The van der Waals surface area contributed by atoms with E-state index in [4.69, 9.17) is 0 Å². The fourth-order valence-corrected chi connectivity index (χ4v) is 2.39. The van der Waals surface area contributed by atoms with Crippen molar-refractivity contribution in [1.29, 1.82) is 0 Å². The molecule has 8 nitrogen and oxygen atoms in total. The van der Waals surface area contributed by atoms with E-state index in [1.807, 2.05) is 55.3 Å². The summed E-state index contributed by atoms with van der Waals surface area (Å²) in [7, 11) is 1.91. The molecular formula is C17H19N7O. The number of hydrogen-bond donors (Lipinski definition) is 2. The van der Waals surface area contributed by atoms with Crippen LogP contribution in [0, 0.1) is 0 Å². The third-order valence-electron chi connectivity index (χ3n) is 3.92. The molecule has 1 amide bonds. The van der Waals surface area contributed by atoms with Crippen molar-refractivity contribution >= 4 is 11.7 Å². The standard InChI is InChI=1S/C17H19N7O/c1-12(17(25)19-15-8-3-4-9-18-15)24(2)11-13-6-5-7-14(10-13)16-20-22-23-21-16/h3-10,12H,11H2,1-2H3,(H,18,19,25)(H,20,21,22,23)/t12-/m1/s1. The van der Waals surface area contributed by atoms with Crippen LogP contribution in [0.5, 0.6) is 0 Å². The number of rotatable bonds is 6. The number of likely N-dealkylation sites (N-methyl/N-ethyl adjacent to an activating group) is 1.